The molecule has 0 amide bonds. The monoisotopic (exact) mass is 1160 g/mol. The van der Waals surface area contributed by atoms with Gasteiger partial charge in [0, 0.05) is 19.4 Å². The molecule has 3 N–H and O–H groups in total. The van der Waals surface area contributed by atoms with Crippen LogP contribution < -0.4 is 5.73 Å². The fraction of sp³-hybridized carbons (Fsp3) is 0.479. The van der Waals surface area contributed by atoms with E-state index < -0.39 is 32.5 Å². The summed E-state index contributed by atoms with van der Waals surface area (Å²) in [6.07, 6.45) is 103. The molecule has 0 saturated heterocycles. The number of ether oxygens (including phenoxy) is 2. The van der Waals surface area contributed by atoms with E-state index in [1.807, 2.05) is 0 Å². The van der Waals surface area contributed by atoms with Crippen molar-refractivity contribution in [3.8, 4) is 0 Å². The standard InChI is InChI=1S/C73H110NO8P/c1-3-5-7-9-11-13-15-17-19-21-23-25-27-29-31-33-34-35-36-38-40-42-44-46-48-50-52-54-56-58-60-62-64-66-73(76)82-71(70-81-83(77,78)80-68-67-74)69-79-72(75)65-63-61-59-57-55-53-51-49-47-45-43-41-39-37-32-30-28-26-24-22-20-18-16-14-12-10-8-6-4-2/h5-8,11-14,17-20,23-26,29-32,34-35,38-41,44-47,50-53,56,58,71H,3-4,9-10,15-16,21-22,27-28,33,36-37,42-43,48-49,54-55,57,59-70,74H2,1-2H3,(H,77,78)/b7-5-,8-6-,13-11-,14-12-,19-17-,20-18-,25-23-,26-24-,31-29-,32-30-,35-34-,40-38-,41-39-,46-44-,47-45-,52-50-,53-51-,58-56-. The van der Waals surface area contributed by atoms with Crippen molar-refractivity contribution in [1.82, 2.24) is 0 Å². The van der Waals surface area contributed by atoms with Crippen molar-refractivity contribution in [2.75, 3.05) is 26.4 Å². The molecular weight excluding hydrogens is 1050 g/mol. The van der Waals surface area contributed by atoms with E-state index in [1.165, 1.54) is 0 Å². The van der Waals surface area contributed by atoms with Crippen LogP contribution in [0.4, 0.5) is 0 Å². The summed E-state index contributed by atoms with van der Waals surface area (Å²) in [6.45, 7) is 3.39. The van der Waals surface area contributed by atoms with Crippen molar-refractivity contribution in [3.05, 3.63) is 219 Å². The van der Waals surface area contributed by atoms with Crippen LogP contribution in [0.1, 0.15) is 194 Å². The Bertz CT molecular complexity index is 2150. The molecule has 0 fully saturated rings. The number of phosphoric ester groups is 1. The molecule has 0 spiro atoms. The van der Waals surface area contributed by atoms with Gasteiger partial charge in [-0.05, 0) is 154 Å². The first kappa shape index (κ1) is 77.3. The van der Waals surface area contributed by atoms with E-state index in [0.29, 0.717) is 12.8 Å². The summed E-state index contributed by atoms with van der Waals surface area (Å²) >= 11 is 0. The number of carbonyl (C=O) groups is 2. The fourth-order valence-corrected chi connectivity index (χ4v) is 8.09. The van der Waals surface area contributed by atoms with E-state index >= 15 is 0 Å². The third kappa shape index (κ3) is 65.4. The zero-order valence-electron chi connectivity index (χ0n) is 51.3. The van der Waals surface area contributed by atoms with Gasteiger partial charge in [0.25, 0.3) is 0 Å². The lowest BCUT2D eigenvalue weighted by molar-refractivity contribution is -0.161. The molecule has 0 aromatic rings. The van der Waals surface area contributed by atoms with Crippen LogP contribution in [0.25, 0.3) is 0 Å². The number of phosphoric acid groups is 1. The fourth-order valence-electron chi connectivity index (χ4n) is 7.32. The van der Waals surface area contributed by atoms with E-state index in [2.05, 4.69) is 233 Å². The van der Waals surface area contributed by atoms with Crippen LogP contribution in [0.2, 0.25) is 0 Å². The Morgan fingerprint density at radius 2 is 0.627 bits per heavy atom. The van der Waals surface area contributed by atoms with Gasteiger partial charge in [-0.3, -0.25) is 18.6 Å². The molecule has 460 valence electrons. The second kappa shape index (κ2) is 65.5. The molecule has 0 aromatic carbocycles. The lowest BCUT2D eigenvalue weighted by atomic mass is 10.1. The van der Waals surface area contributed by atoms with E-state index in [9.17, 15) is 19.0 Å². The predicted molar refractivity (Wildman–Crippen MR) is 357 cm³/mol. The molecule has 0 aliphatic heterocycles. The third-order valence-electron chi connectivity index (χ3n) is 11.9. The molecule has 0 bridgehead atoms. The van der Waals surface area contributed by atoms with Crippen LogP contribution in [-0.2, 0) is 32.7 Å². The van der Waals surface area contributed by atoms with Gasteiger partial charge in [-0.2, -0.15) is 0 Å². The third-order valence-corrected chi connectivity index (χ3v) is 12.8. The average molecular weight is 1160 g/mol. The second-order valence-electron chi connectivity index (χ2n) is 19.5. The highest BCUT2D eigenvalue weighted by atomic mass is 31.2. The SMILES string of the molecule is CC/C=C\C/C=C\C/C=C\C/C=C\C/C=C\C/C=C\C/C=C\C/C=C\C/C=C\C/C=C\CCCCC(=O)OC(COC(=O)CCCCCC/C=C\C/C=C\C/C=C\C/C=C\C/C=C\C/C=C\C/C=C\C/C=C\CC)COP(=O)(O)OCCN. The largest absolute Gasteiger partial charge is 0.472 e. The summed E-state index contributed by atoms with van der Waals surface area (Å²) in [5.74, 6) is -0.931. The number of carbonyl (C=O) groups excluding carboxylic acids is 2. The predicted octanol–water partition coefficient (Wildman–Crippen LogP) is 20.5. The molecule has 9 nitrogen and oxygen atoms in total. The Hall–Kier alpha value is -5.67. The second-order valence-corrected chi connectivity index (χ2v) is 20.9. The van der Waals surface area contributed by atoms with Crippen LogP contribution in [0.15, 0.2) is 219 Å². The molecule has 0 rings (SSSR count). The zero-order valence-corrected chi connectivity index (χ0v) is 52.2. The van der Waals surface area contributed by atoms with Gasteiger partial charge in [0.05, 0.1) is 13.2 Å². The van der Waals surface area contributed by atoms with Crippen molar-refractivity contribution in [1.29, 1.82) is 0 Å². The smallest absolute Gasteiger partial charge is 0.462 e. The molecular formula is C73H110NO8P. The van der Waals surface area contributed by atoms with Crippen molar-refractivity contribution >= 4 is 19.8 Å². The maximum absolute atomic E-state index is 12.7. The first-order valence-electron chi connectivity index (χ1n) is 31.2. The van der Waals surface area contributed by atoms with E-state index in [0.717, 1.165) is 154 Å². The van der Waals surface area contributed by atoms with Gasteiger partial charge < -0.3 is 20.1 Å². The first-order chi connectivity index (χ1) is 40.8. The highest BCUT2D eigenvalue weighted by Gasteiger charge is 2.26. The van der Waals surface area contributed by atoms with E-state index in [1.54, 1.807) is 0 Å². The number of hydrogen-bond acceptors (Lipinski definition) is 8. The summed E-state index contributed by atoms with van der Waals surface area (Å²) in [5, 5.41) is 0. The number of allylic oxidation sites excluding steroid dienone is 36. The topological polar surface area (TPSA) is 134 Å². The molecule has 83 heavy (non-hydrogen) atoms. The molecule has 10 heteroatoms. The van der Waals surface area contributed by atoms with Crippen LogP contribution >= 0.6 is 7.82 Å². The minimum absolute atomic E-state index is 0.0286. The van der Waals surface area contributed by atoms with Crippen molar-refractivity contribution in [2.45, 2.75) is 200 Å². The molecule has 0 aliphatic rings. The lowest BCUT2D eigenvalue weighted by Crippen LogP contribution is -2.29. The molecule has 0 aromatic heterocycles. The Balaban J connectivity index is 4.19. The van der Waals surface area contributed by atoms with Crippen LogP contribution in [0, 0.1) is 0 Å². The van der Waals surface area contributed by atoms with E-state index in [-0.39, 0.29) is 32.6 Å². The van der Waals surface area contributed by atoms with Gasteiger partial charge in [-0.15, -0.1) is 0 Å². The number of rotatable bonds is 55. The summed E-state index contributed by atoms with van der Waals surface area (Å²) in [5.41, 5.74) is 5.38. The summed E-state index contributed by atoms with van der Waals surface area (Å²) in [7, 11) is -4.43. The normalized spacial score (nSPS) is 14.5. The van der Waals surface area contributed by atoms with Gasteiger partial charge in [-0.25, -0.2) is 4.57 Å². The van der Waals surface area contributed by atoms with Crippen molar-refractivity contribution < 1.29 is 37.6 Å². The summed E-state index contributed by atoms with van der Waals surface area (Å²) in [6, 6.07) is 0. The van der Waals surface area contributed by atoms with Gasteiger partial charge in [0.15, 0.2) is 6.10 Å². The van der Waals surface area contributed by atoms with E-state index in [4.69, 9.17) is 24.3 Å². The first-order valence-corrected chi connectivity index (χ1v) is 32.7. The minimum atomic E-state index is -4.43. The number of esters is 2. The summed E-state index contributed by atoms with van der Waals surface area (Å²) in [4.78, 5) is 35.2. The van der Waals surface area contributed by atoms with Crippen LogP contribution in [0.3, 0.4) is 0 Å². The summed E-state index contributed by atoms with van der Waals surface area (Å²) < 4.78 is 33.0. The zero-order chi connectivity index (χ0) is 60.1. The minimum Gasteiger partial charge on any atom is -0.462 e. The molecule has 2 atom stereocenters. The molecule has 0 radical (unpaired) electrons. The maximum atomic E-state index is 12.7. The van der Waals surface area contributed by atoms with Gasteiger partial charge in [-0.1, -0.05) is 245 Å². The Labute approximate surface area is 505 Å². The average Bonchev–Trinajstić information content (AvgIpc) is 3.49. The quantitative estimate of drug-likeness (QED) is 0.0264. The van der Waals surface area contributed by atoms with Gasteiger partial charge >= 0.3 is 19.8 Å². The molecule has 0 heterocycles. The lowest BCUT2D eigenvalue weighted by Gasteiger charge is -2.19. The molecule has 2 unspecified atom stereocenters. The number of unbranched alkanes of at least 4 members (excludes halogenated alkanes) is 6. The number of nitrogens with two attached hydrogens (primary N) is 1. The Morgan fingerprint density at radius 1 is 0.361 bits per heavy atom. The highest BCUT2D eigenvalue weighted by Crippen LogP contribution is 2.43. The van der Waals surface area contributed by atoms with Crippen molar-refractivity contribution in [2.24, 2.45) is 5.73 Å². The van der Waals surface area contributed by atoms with Crippen molar-refractivity contribution in [3.63, 3.8) is 0 Å². The Kier molecular flexibility index (Phi) is 61.0. The molecule has 0 saturated carbocycles. The maximum Gasteiger partial charge on any atom is 0.472 e. The van der Waals surface area contributed by atoms with Gasteiger partial charge in [0.2, 0.25) is 0 Å². The van der Waals surface area contributed by atoms with Crippen LogP contribution in [0.5, 0.6) is 0 Å². The Morgan fingerprint density at radius 3 is 0.940 bits per heavy atom. The van der Waals surface area contributed by atoms with Gasteiger partial charge in [0.1, 0.15) is 6.61 Å². The molecule has 0 aliphatic carbocycles. The highest BCUT2D eigenvalue weighted by molar-refractivity contribution is 7.47. The number of hydrogen-bond donors (Lipinski definition) is 2. The van der Waals surface area contributed by atoms with Crippen LogP contribution in [-0.4, -0.2) is 49.3 Å².